The molecule has 0 bridgehead atoms. The molecule has 0 heterocycles. The number of carbonyl (C=O) groups is 3. The van der Waals surface area contributed by atoms with E-state index >= 15 is 0 Å². The summed E-state index contributed by atoms with van der Waals surface area (Å²) in [6.07, 6.45) is 41.5. The number of unbranched alkanes of at least 4 members (excludes halogenated alkanes) is 28. The molecule has 58 heavy (non-hydrogen) atoms. The molecule has 0 aliphatic carbocycles. The van der Waals surface area contributed by atoms with E-state index in [4.69, 9.17) is 18.9 Å². The summed E-state index contributed by atoms with van der Waals surface area (Å²) in [4.78, 5) is 37.0. The van der Waals surface area contributed by atoms with Crippen LogP contribution in [0.15, 0.2) is 12.2 Å². The van der Waals surface area contributed by atoms with Crippen LogP contribution in [0.25, 0.3) is 0 Å². The van der Waals surface area contributed by atoms with Gasteiger partial charge in [-0.2, -0.15) is 0 Å². The number of hydrogen-bond donors (Lipinski definition) is 1. The van der Waals surface area contributed by atoms with Gasteiger partial charge >= 0.3 is 17.9 Å². The number of esters is 2. The zero-order valence-corrected chi connectivity index (χ0v) is 38.7. The highest BCUT2D eigenvalue weighted by Crippen LogP contribution is 2.16. The Balaban J connectivity index is 4.15. The lowest BCUT2D eigenvalue weighted by Crippen LogP contribution is -2.40. The minimum atomic E-state index is -1.50. The van der Waals surface area contributed by atoms with Crippen molar-refractivity contribution in [3.63, 3.8) is 0 Å². The van der Waals surface area contributed by atoms with Crippen molar-refractivity contribution >= 4 is 17.9 Å². The Bertz CT molecular complexity index is 965. The number of quaternary nitrogens is 1. The Morgan fingerprint density at radius 3 is 1.28 bits per heavy atom. The standard InChI is InChI=1S/C49H93NO8/c1-6-8-10-12-14-16-17-18-19-20-21-22-23-24-25-26-27-28-29-30-31-32-34-36-38-40-47(52)58-45(44-57-49(48(53)54)55-42-41-50(3,4)5)43-56-46(51)39-37-35-33-15-13-11-9-7-2/h20-21,45,49H,6-19,22-44H2,1-5H3/p+1/b21-20-. The average molecular weight is 825 g/mol. The molecule has 0 rings (SSSR count). The zero-order valence-electron chi connectivity index (χ0n) is 38.7. The smallest absolute Gasteiger partial charge is 0.361 e. The number of carbonyl (C=O) groups excluding carboxylic acids is 2. The maximum absolute atomic E-state index is 12.8. The third kappa shape index (κ3) is 42.2. The highest BCUT2D eigenvalue weighted by molar-refractivity contribution is 5.71. The van der Waals surface area contributed by atoms with Gasteiger partial charge < -0.3 is 28.5 Å². The van der Waals surface area contributed by atoms with Gasteiger partial charge in [-0.25, -0.2) is 4.79 Å². The maximum Gasteiger partial charge on any atom is 0.361 e. The van der Waals surface area contributed by atoms with E-state index in [1.165, 1.54) is 161 Å². The van der Waals surface area contributed by atoms with Gasteiger partial charge in [0.25, 0.3) is 6.29 Å². The largest absolute Gasteiger partial charge is 0.477 e. The topological polar surface area (TPSA) is 108 Å². The number of aliphatic carboxylic acids is 1. The van der Waals surface area contributed by atoms with Gasteiger partial charge in [-0.3, -0.25) is 9.59 Å². The quantitative estimate of drug-likeness (QED) is 0.0213. The number of carboxylic acids is 1. The van der Waals surface area contributed by atoms with E-state index in [2.05, 4.69) is 26.0 Å². The van der Waals surface area contributed by atoms with Crippen LogP contribution in [0.3, 0.4) is 0 Å². The second-order valence-electron chi connectivity index (χ2n) is 17.8. The first-order valence-electron chi connectivity index (χ1n) is 24.4. The van der Waals surface area contributed by atoms with Crippen LogP contribution in [0.1, 0.15) is 226 Å². The maximum atomic E-state index is 12.8. The molecular weight excluding hydrogens is 731 g/mol. The fraction of sp³-hybridized carbons (Fsp3) is 0.898. The lowest BCUT2D eigenvalue weighted by Gasteiger charge is -2.25. The predicted molar refractivity (Wildman–Crippen MR) is 240 cm³/mol. The summed E-state index contributed by atoms with van der Waals surface area (Å²) in [6.45, 7) is 4.86. The van der Waals surface area contributed by atoms with E-state index < -0.39 is 24.3 Å². The lowest BCUT2D eigenvalue weighted by atomic mass is 10.0. The van der Waals surface area contributed by atoms with Gasteiger partial charge in [0, 0.05) is 12.8 Å². The molecule has 9 heteroatoms. The number of rotatable bonds is 45. The van der Waals surface area contributed by atoms with Gasteiger partial charge in [0.2, 0.25) is 0 Å². The first kappa shape index (κ1) is 56.0. The molecule has 1 N–H and O–H groups in total. The molecule has 9 nitrogen and oxygen atoms in total. The van der Waals surface area contributed by atoms with Crippen molar-refractivity contribution in [3.8, 4) is 0 Å². The van der Waals surface area contributed by atoms with E-state index in [0.29, 0.717) is 17.4 Å². The van der Waals surface area contributed by atoms with Gasteiger partial charge in [0.05, 0.1) is 34.4 Å². The van der Waals surface area contributed by atoms with Crippen molar-refractivity contribution in [2.24, 2.45) is 0 Å². The normalized spacial score (nSPS) is 12.9. The van der Waals surface area contributed by atoms with Crippen molar-refractivity contribution in [2.75, 3.05) is 47.5 Å². The van der Waals surface area contributed by atoms with Crippen LogP contribution in [-0.2, 0) is 33.3 Å². The summed E-state index contributed by atoms with van der Waals surface area (Å²) in [5.41, 5.74) is 0. The Morgan fingerprint density at radius 2 is 0.879 bits per heavy atom. The van der Waals surface area contributed by atoms with E-state index in [9.17, 15) is 19.5 Å². The number of ether oxygens (including phenoxy) is 4. The van der Waals surface area contributed by atoms with Crippen LogP contribution in [0.4, 0.5) is 0 Å². The fourth-order valence-electron chi connectivity index (χ4n) is 6.95. The molecule has 0 aliphatic heterocycles. The molecule has 0 amide bonds. The number of hydrogen-bond acceptors (Lipinski definition) is 7. The average Bonchev–Trinajstić information content (AvgIpc) is 3.18. The summed E-state index contributed by atoms with van der Waals surface area (Å²) < 4.78 is 22.7. The number of carboxylic acid groups (broad SMARTS) is 1. The molecule has 2 atom stereocenters. The third-order valence-corrected chi connectivity index (χ3v) is 10.8. The second kappa shape index (κ2) is 41.8. The molecule has 0 saturated carbocycles. The molecule has 2 unspecified atom stereocenters. The Hall–Kier alpha value is -1.97. The van der Waals surface area contributed by atoms with Crippen LogP contribution < -0.4 is 0 Å². The molecule has 0 aliphatic rings. The summed E-state index contributed by atoms with van der Waals surface area (Å²) >= 11 is 0. The highest BCUT2D eigenvalue weighted by Gasteiger charge is 2.25. The summed E-state index contributed by atoms with van der Waals surface area (Å²) in [7, 11) is 5.96. The lowest BCUT2D eigenvalue weighted by molar-refractivity contribution is -0.870. The number of likely N-dealkylation sites (N-methyl/N-ethyl adjacent to an activating group) is 1. The van der Waals surface area contributed by atoms with Crippen LogP contribution in [0.2, 0.25) is 0 Å². The fourth-order valence-corrected chi connectivity index (χ4v) is 6.95. The Labute approximate surface area is 357 Å². The molecule has 0 radical (unpaired) electrons. The highest BCUT2D eigenvalue weighted by atomic mass is 16.7. The number of allylic oxidation sites excluding steroid dienone is 2. The van der Waals surface area contributed by atoms with Crippen LogP contribution >= 0.6 is 0 Å². The van der Waals surface area contributed by atoms with Crippen LogP contribution in [0.5, 0.6) is 0 Å². The van der Waals surface area contributed by atoms with E-state index in [0.717, 1.165) is 38.5 Å². The van der Waals surface area contributed by atoms with Crippen LogP contribution in [0, 0.1) is 0 Å². The minimum absolute atomic E-state index is 0.177. The molecule has 0 spiro atoms. The van der Waals surface area contributed by atoms with Crippen molar-refractivity contribution in [2.45, 2.75) is 238 Å². The molecular formula is C49H94NO8+. The van der Waals surface area contributed by atoms with E-state index in [-0.39, 0.29) is 32.2 Å². The summed E-state index contributed by atoms with van der Waals surface area (Å²) in [5.74, 6) is -2.00. The monoisotopic (exact) mass is 825 g/mol. The predicted octanol–water partition coefficient (Wildman–Crippen LogP) is 13.1. The molecule has 0 saturated heterocycles. The molecule has 0 aromatic heterocycles. The second-order valence-corrected chi connectivity index (χ2v) is 17.8. The molecule has 0 fully saturated rings. The Morgan fingerprint density at radius 1 is 0.500 bits per heavy atom. The minimum Gasteiger partial charge on any atom is -0.477 e. The molecule has 0 aromatic rings. The Kier molecular flexibility index (Phi) is 40.3. The zero-order chi connectivity index (χ0) is 42.8. The van der Waals surface area contributed by atoms with Gasteiger partial charge in [-0.1, -0.05) is 187 Å². The molecule has 0 aromatic carbocycles. The van der Waals surface area contributed by atoms with Gasteiger partial charge in [0.1, 0.15) is 13.2 Å². The third-order valence-electron chi connectivity index (χ3n) is 10.8. The first-order valence-corrected chi connectivity index (χ1v) is 24.4. The van der Waals surface area contributed by atoms with E-state index in [1.54, 1.807) is 0 Å². The van der Waals surface area contributed by atoms with Crippen molar-refractivity contribution in [1.29, 1.82) is 0 Å². The van der Waals surface area contributed by atoms with Crippen molar-refractivity contribution in [1.82, 2.24) is 0 Å². The van der Waals surface area contributed by atoms with Crippen molar-refractivity contribution in [3.05, 3.63) is 12.2 Å². The SMILES string of the molecule is CCCCCCCCCC/C=C\CCCCCCCCCCCCCCCC(=O)OC(COC(=O)CCCCCCCCCC)COC(OCC[N+](C)(C)C)C(=O)O. The summed E-state index contributed by atoms with van der Waals surface area (Å²) in [5, 5.41) is 9.62. The van der Waals surface area contributed by atoms with Crippen LogP contribution in [-0.4, -0.2) is 87.4 Å². The van der Waals surface area contributed by atoms with Crippen molar-refractivity contribution < 1.29 is 42.9 Å². The first-order chi connectivity index (χ1) is 28.1. The molecule has 342 valence electrons. The summed E-state index contributed by atoms with van der Waals surface area (Å²) in [6, 6.07) is 0. The van der Waals surface area contributed by atoms with Gasteiger partial charge in [-0.05, 0) is 38.5 Å². The van der Waals surface area contributed by atoms with E-state index in [1.807, 2.05) is 21.1 Å². The van der Waals surface area contributed by atoms with Gasteiger partial charge in [0.15, 0.2) is 6.10 Å². The number of nitrogens with zero attached hydrogens (tertiary/aromatic N) is 1. The van der Waals surface area contributed by atoms with Gasteiger partial charge in [-0.15, -0.1) is 0 Å².